The molecule has 3 heteroatoms. The van der Waals surface area contributed by atoms with Crippen LogP contribution in [-0.4, -0.2) is 13.2 Å². The van der Waals surface area contributed by atoms with Gasteiger partial charge in [0.05, 0.1) is 18.8 Å². The molecule has 0 bridgehead atoms. The van der Waals surface area contributed by atoms with Crippen molar-refractivity contribution < 1.29 is 4.74 Å². The highest BCUT2D eigenvalue weighted by atomic mass is 35.5. The third-order valence-electron chi connectivity index (χ3n) is 2.93. The maximum Gasteiger partial charge on any atom is 0.0771 e. The molecule has 15 heavy (non-hydrogen) atoms. The molecule has 0 radical (unpaired) electrons. The minimum absolute atomic E-state index is 0. The molecule has 2 atom stereocenters. The predicted octanol–water partition coefficient (Wildman–Crippen LogP) is 2.68. The summed E-state index contributed by atoms with van der Waals surface area (Å²) in [5.41, 5.74) is 2.71. The monoisotopic (exact) mass is 227 g/mol. The van der Waals surface area contributed by atoms with Crippen LogP contribution in [0.2, 0.25) is 0 Å². The van der Waals surface area contributed by atoms with Crippen molar-refractivity contribution in [3.8, 4) is 0 Å². The van der Waals surface area contributed by atoms with E-state index in [9.17, 15) is 0 Å². The van der Waals surface area contributed by atoms with Gasteiger partial charge in [-0.15, -0.1) is 12.4 Å². The summed E-state index contributed by atoms with van der Waals surface area (Å²) in [5, 5.41) is 3.34. The van der Waals surface area contributed by atoms with Crippen LogP contribution in [-0.2, 0) is 11.3 Å². The molecular weight excluding hydrogens is 210 g/mol. The number of hydrogen-bond acceptors (Lipinski definition) is 2. The first-order chi connectivity index (χ1) is 6.86. The Morgan fingerprint density at radius 3 is 2.80 bits per heavy atom. The first kappa shape index (κ1) is 12.5. The number of fused-ring (bicyclic) bond motifs is 1. The van der Waals surface area contributed by atoms with Crippen LogP contribution < -0.4 is 5.32 Å². The molecule has 0 saturated carbocycles. The Hall–Kier alpha value is -0.570. The van der Waals surface area contributed by atoms with Crippen LogP contribution in [0.4, 0.5) is 0 Å². The van der Waals surface area contributed by atoms with Gasteiger partial charge in [0, 0.05) is 0 Å². The number of ether oxygens (including phenoxy) is 1. The van der Waals surface area contributed by atoms with Crippen molar-refractivity contribution in [3.05, 3.63) is 35.4 Å². The van der Waals surface area contributed by atoms with E-state index in [-0.39, 0.29) is 12.4 Å². The average Bonchev–Trinajstić information content (AvgIpc) is 2.27. The van der Waals surface area contributed by atoms with Crippen molar-refractivity contribution in [2.75, 3.05) is 7.05 Å². The second-order valence-corrected chi connectivity index (χ2v) is 3.72. The number of benzene rings is 1. The molecule has 0 unspecified atom stereocenters. The molecule has 0 amide bonds. The van der Waals surface area contributed by atoms with E-state index >= 15 is 0 Å². The van der Waals surface area contributed by atoms with Gasteiger partial charge < -0.3 is 10.1 Å². The number of rotatable bonds is 2. The summed E-state index contributed by atoms with van der Waals surface area (Å²) in [6.07, 6.45) is 1.37. The predicted molar refractivity (Wildman–Crippen MR) is 64.4 cm³/mol. The maximum absolute atomic E-state index is 5.79. The van der Waals surface area contributed by atoms with Crippen molar-refractivity contribution in [3.63, 3.8) is 0 Å². The molecule has 1 aromatic rings. The normalized spacial score (nSPS) is 24.1. The third-order valence-corrected chi connectivity index (χ3v) is 2.93. The van der Waals surface area contributed by atoms with Gasteiger partial charge >= 0.3 is 0 Å². The van der Waals surface area contributed by atoms with Crippen LogP contribution in [0.25, 0.3) is 0 Å². The molecule has 0 spiro atoms. The Labute approximate surface area is 97.4 Å². The van der Waals surface area contributed by atoms with Gasteiger partial charge in [-0.2, -0.15) is 0 Å². The van der Waals surface area contributed by atoms with E-state index in [2.05, 4.69) is 36.5 Å². The van der Waals surface area contributed by atoms with E-state index in [0.717, 1.165) is 13.0 Å². The van der Waals surface area contributed by atoms with Crippen molar-refractivity contribution in [2.45, 2.75) is 32.1 Å². The van der Waals surface area contributed by atoms with Gasteiger partial charge in [0.1, 0.15) is 0 Å². The number of hydrogen-bond donors (Lipinski definition) is 1. The van der Waals surface area contributed by atoms with E-state index in [1.165, 1.54) is 11.1 Å². The highest BCUT2D eigenvalue weighted by Crippen LogP contribution is 2.30. The summed E-state index contributed by atoms with van der Waals surface area (Å²) in [4.78, 5) is 0. The Bertz CT molecular complexity index is 316. The SMILES string of the molecule is CC[C@H]1OCc2ccccc2[C@@H]1NC.Cl. The van der Waals surface area contributed by atoms with Crippen molar-refractivity contribution in [1.29, 1.82) is 0 Å². The molecule has 2 nitrogen and oxygen atoms in total. The van der Waals surface area contributed by atoms with E-state index in [1.54, 1.807) is 0 Å². The fraction of sp³-hybridized carbons (Fsp3) is 0.500. The summed E-state index contributed by atoms with van der Waals surface area (Å²) in [7, 11) is 2.00. The molecule has 0 aliphatic carbocycles. The van der Waals surface area contributed by atoms with E-state index < -0.39 is 0 Å². The molecule has 1 N–H and O–H groups in total. The van der Waals surface area contributed by atoms with Crippen LogP contribution in [0.15, 0.2) is 24.3 Å². The molecule has 0 aromatic heterocycles. The summed E-state index contributed by atoms with van der Waals surface area (Å²) in [6, 6.07) is 8.86. The number of likely N-dealkylation sites (N-methyl/N-ethyl adjacent to an activating group) is 1. The number of halogens is 1. The zero-order valence-electron chi connectivity index (χ0n) is 9.19. The number of nitrogens with one attached hydrogen (secondary N) is 1. The third kappa shape index (κ3) is 2.33. The standard InChI is InChI=1S/C12H17NO.ClH/c1-3-11-12(13-2)10-7-5-4-6-9(10)8-14-11;/h4-7,11-13H,3,8H2,1-2H3;1H/t11-,12+;/m1./s1. The summed E-state index contributed by atoms with van der Waals surface area (Å²) in [6.45, 7) is 2.93. The first-order valence-electron chi connectivity index (χ1n) is 5.23. The second-order valence-electron chi connectivity index (χ2n) is 3.72. The molecule has 1 aliphatic heterocycles. The largest absolute Gasteiger partial charge is 0.372 e. The molecule has 0 saturated heterocycles. The van der Waals surface area contributed by atoms with Crippen LogP contribution >= 0.6 is 12.4 Å². The Morgan fingerprint density at radius 1 is 1.40 bits per heavy atom. The van der Waals surface area contributed by atoms with Crippen LogP contribution in [0.5, 0.6) is 0 Å². The lowest BCUT2D eigenvalue weighted by Gasteiger charge is -2.33. The zero-order valence-corrected chi connectivity index (χ0v) is 10.0. The average molecular weight is 228 g/mol. The van der Waals surface area contributed by atoms with Crippen LogP contribution in [0.3, 0.4) is 0 Å². The molecule has 1 aromatic carbocycles. The fourth-order valence-corrected chi connectivity index (χ4v) is 2.16. The summed E-state index contributed by atoms with van der Waals surface area (Å²) in [5.74, 6) is 0. The van der Waals surface area contributed by atoms with Gasteiger partial charge in [-0.05, 0) is 24.6 Å². The van der Waals surface area contributed by atoms with Crippen molar-refractivity contribution in [1.82, 2.24) is 5.32 Å². The van der Waals surface area contributed by atoms with E-state index in [4.69, 9.17) is 4.74 Å². The van der Waals surface area contributed by atoms with Crippen LogP contribution in [0.1, 0.15) is 30.5 Å². The Balaban J connectivity index is 0.00000112. The topological polar surface area (TPSA) is 21.3 Å². The Morgan fingerprint density at radius 2 is 2.13 bits per heavy atom. The van der Waals surface area contributed by atoms with Gasteiger partial charge in [0.15, 0.2) is 0 Å². The highest BCUT2D eigenvalue weighted by molar-refractivity contribution is 5.85. The van der Waals surface area contributed by atoms with E-state index in [1.807, 2.05) is 7.05 Å². The molecule has 84 valence electrons. The van der Waals surface area contributed by atoms with Gasteiger partial charge in [-0.1, -0.05) is 31.2 Å². The molecule has 1 aliphatic rings. The van der Waals surface area contributed by atoms with Crippen molar-refractivity contribution >= 4 is 12.4 Å². The minimum atomic E-state index is 0. The second kappa shape index (κ2) is 5.50. The van der Waals surface area contributed by atoms with Crippen molar-refractivity contribution in [2.24, 2.45) is 0 Å². The molecular formula is C12H18ClNO. The Kier molecular flexibility index (Phi) is 4.58. The molecule has 1 heterocycles. The lowest BCUT2D eigenvalue weighted by molar-refractivity contribution is -0.000905. The van der Waals surface area contributed by atoms with Gasteiger partial charge in [0.25, 0.3) is 0 Å². The van der Waals surface area contributed by atoms with Gasteiger partial charge in [0.2, 0.25) is 0 Å². The molecule has 0 fully saturated rings. The van der Waals surface area contributed by atoms with E-state index in [0.29, 0.717) is 12.1 Å². The quantitative estimate of drug-likeness (QED) is 0.839. The minimum Gasteiger partial charge on any atom is -0.372 e. The molecule has 2 rings (SSSR count). The summed E-state index contributed by atoms with van der Waals surface area (Å²) < 4.78 is 5.79. The van der Waals surface area contributed by atoms with Crippen LogP contribution in [0, 0.1) is 0 Å². The zero-order chi connectivity index (χ0) is 9.97. The lowest BCUT2D eigenvalue weighted by Crippen LogP contribution is -2.35. The maximum atomic E-state index is 5.79. The van der Waals surface area contributed by atoms with Gasteiger partial charge in [-0.25, -0.2) is 0 Å². The highest BCUT2D eigenvalue weighted by Gasteiger charge is 2.27. The lowest BCUT2D eigenvalue weighted by atomic mass is 9.93. The summed E-state index contributed by atoms with van der Waals surface area (Å²) >= 11 is 0. The van der Waals surface area contributed by atoms with Gasteiger partial charge in [-0.3, -0.25) is 0 Å². The fourth-order valence-electron chi connectivity index (χ4n) is 2.16. The smallest absolute Gasteiger partial charge is 0.0771 e. The first-order valence-corrected chi connectivity index (χ1v) is 5.23.